The van der Waals surface area contributed by atoms with Gasteiger partial charge in [-0.15, -0.1) is 0 Å². The molecule has 1 atom stereocenters. The topological polar surface area (TPSA) is 39.5 Å². The predicted octanol–water partition coefficient (Wildman–Crippen LogP) is 6.58. The molecular weight excluding hydrogens is 458 g/mol. The molecule has 2 heterocycles. The molecule has 3 aromatic carbocycles. The quantitative estimate of drug-likeness (QED) is 0.266. The molecule has 1 aliphatic heterocycles. The number of nitrogens with zero attached hydrogens (tertiary/aromatic N) is 3. The number of rotatable bonds is 9. The van der Waals surface area contributed by atoms with E-state index in [1.807, 2.05) is 48.5 Å². The molecule has 1 aliphatic rings. The Kier molecular flexibility index (Phi) is 7.55. The summed E-state index contributed by atoms with van der Waals surface area (Å²) in [5, 5.41) is 0.697. The lowest BCUT2D eigenvalue weighted by Crippen LogP contribution is -2.32. The normalized spacial score (nSPS) is 16.5. The van der Waals surface area contributed by atoms with Gasteiger partial charge in [-0.05, 0) is 80.7 Å². The van der Waals surface area contributed by atoms with Crippen LogP contribution in [0.2, 0.25) is 5.02 Å². The zero-order valence-electron chi connectivity index (χ0n) is 20.2. The molecule has 1 fully saturated rings. The van der Waals surface area contributed by atoms with Crippen molar-refractivity contribution in [3.05, 3.63) is 89.2 Å². The Labute approximate surface area is 212 Å². The van der Waals surface area contributed by atoms with Gasteiger partial charge in [0.05, 0.1) is 5.52 Å². The first kappa shape index (κ1) is 23.7. The molecule has 0 radical (unpaired) electrons. The van der Waals surface area contributed by atoms with Crippen molar-refractivity contribution < 1.29 is 9.47 Å². The second kappa shape index (κ2) is 11.1. The predicted molar refractivity (Wildman–Crippen MR) is 141 cm³/mol. The largest absolute Gasteiger partial charge is 0.487 e. The van der Waals surface area contributed by atoms with Crippen LogP contribution in [0.4, 0.5) is 0 Å². The Bertz CT molecular complexity index is 1240. The van der Waals surface area contributed by atoms with Crippen LogP contribution >= 0.6 is 11.6 Å². The molecule has 0 N–H and O–H groups in total. The Balaban J connectivity index is 1.40. The lowest BCUT2D eigenvalue weighted by Gasteiger charge is -2.29. The standard InChI is InChI=1S/C29H32ClN3O2/c1-32-17-6-9-22(19-32)16-18-33-26-10-5-11-27(35-20-23-7-3-2-4-8-23)29(26)31-28(33)21-34-25-14-12-24(30)13-15-25/h2-5,7-8,10-15,22H,6,9,16-21H2,1H3/t22-/m1/s1. The molecule has 182 valence electrons. The smallest absolute Gasteiger partial charge is 0.148 e. The zero-order valence-corrected chi connectivity index (χ0v) is 21.0. The molecule has 4 aromatic rings. The summed E-state index contributed by atoms with van der Waals surface area (Å²) < 4.78 is 14.6. The maximum absolute atomic E-state index is 6.22. The Morgan fingerprint density at radius 3 is 2.57 bits per heavy atom. The van der Waals surface area contributed by atoms with Gasteiger partial charge < -0.3 is 18.9 Å². The molecule has 1 aromatic heterocycles. The molecule has 0 aliphatic carbocycles. The molecule has 0 saturated carbocycles. The van der Waals surface area contributed by atoms with Gasteiger partial charge in [0.1, 0.15) is 36.1 Å². The van der Waals surface area contributed by atoms with E-state index in [0.29, 0.717) is 24.2 Å². The summed E-state index contributed by atoms with van der Waals surface area (Å²) in [5.74, 6) is 3.20. The molecule has 0 bridgehead atoms. The third-order valence-corrected chi connectivity index (χ3v) is 6.97. The fourth-order valence-electron chi connectivity index (χ4n) is 4.88. The highest BCUT2D eigenvalue weighted by Gasteiger charge is 2.20. The lowest BCUT2D eigenvalue weighted by atomic mass is 9.95. The minimum atomic E-state index is 0.388. The molecule has 0 unspecified atom stereocenters. The van der Waals surface area contributed by atoms with Gasteiger partial charge >= 0.3 is 0 Å². The second-order valence-corrected chi connectivity index (χ2v) is 9.82. The lowest BCUT2D eigenvalue weighted by molar-refractivity contribution is 0.196. The van der Waals surface area contributed by atoms with E-state index in [-0.39, 0.29) is 0 Å². The van der Waals surface area contributed by atoms with Crippen molar-refractivity contribution in [1.29, 1.82) is 0 Å². The Morgan fingerprint density at radius 2 is 1.77 bits per heavy atom. The fourth-order valence-corrected chi connectivity index (χ4v) is 5.01. The number of imidazole rings is 1. The van der Waals surface area contributed by atoms with E-state index in [0.717, 1.165) is 53.4 Å². The molecule has 5 rings (SSSR count). The first-order valence-electron chi connectivity index (χ1n) is 12.4. The van der Waals surface area contributed by atoms with Crippen molar-refractivity contribution in [2.24, 2.45) is 5.92 Å². The van der Waals surface area contributed by atoms with Crippen molar-refractivity contribution in [3.8, 4) is 11.5 Å². The van der Waals surface area contributed by atoms with E-state index < -0.39 is 0 Å². The highest BCUT2D eigenvalue weighted by molar-refractivity contribution is 6.30. The zero-order chi connectivity index (χ0) is 24.0. The number of aryl methyl sites for hydroxylation is 1. The third kappa shape index (κ3) is 5.98. The Morgan fingerprint density at radius 1 is 0.943 bits per heavy atom. The average molecular weight is 490 g/mol. The number of benzene rings is 3. The second-order valence-electron chi connectivity index (χ2n) is 9.38. The number of likely N-dealkylation sites (tertiary alicyclic amines) is 1. The number of halogens is 1. The van der Waals surface area contributed by atoms with E-state index in [1.54, 1.807) is 0 Å². The van der Waals surface area contributed by atoms with Crippen LogP contribution in [0, 0.1) is 5.92 Å². The highest BCUT2D eigenvalue weighted by Crippen LogP contribution is 2.29. The highest BCUT2D eigenvalue weighted by atomic mass is 35.5. The number of piperidine rings is 1. The van der Waals surface area contributed by atoms with E-state index in [9.17, 15) is 0 Å². The van der Waals surface area contributed by atoms with Crippen LogP contribution in [0.15, 0.2) is 72.8 Å². The summed E-state index contributed by atoms with van der Waals surface area (Å²) >= 11 is 6.03. The summed E-state index contributed by atoms with van der Waals surface area (Å²) in [6.07, 6.45) is 3.69. The van der Waals surface area contributed by atoms with Crippen LogP contribution in [0.3, 0.4) is 0 Å². The van der Waals surface area contributed by atoms with Crippen molar-refractivity contribution >= 4 is 22.6 Å². The molecule has 5 nitrogen and oxygen atoms in total. The van der Waals surface area contributed by atoms with Gasteiger partial charge in [-0.3, -0.25) is 0 Å². The molecular formula is C29H32ClN3O2. The van der Waals surface area contributed by atoms with Gasteiger partial charge in [-0.2, -0.15) is 0 Å². The molecule has 6 heteroatoms. The monoisotopic (exact) mass is 489 g/mol. The maximum atomic E-state index is 6.22. The van der Waals surface area contributed by atoms with Gasteiger partial charge in [0.15, 0.2) is 0 Å². The van der Waals surface area contributed by atoms with Crippen LogP contribution in [-0.2, 0) is 19.8 Å². The number of hydrogen-bond donors (Lipinski definition) is 0. The van der Waals surface area contributed by atoms with Crippen molar-refractivity contribution in [1.82, 2.24) is 14.5 Å². The number of ether oxygens (including phenoxy) is 2. The summed E-state index contributed by atoms with van der Waals surface area (Å²) in [4.78, 5) is 7.46. The number of para-hydroxylation sites is 1. The van der Waals surface area contributed by atoms with Crippen LogP contribution in [-0.4, -0.2) is 34.6 Å². The van der Waals surface area contributed by atoms with Gasteiger partial charge in [0.2, 0.25) is 0 Å². The average Bonchev–Trinajstić information content (AvgIpc) is 3.24. The first-order valence-corrected chi connectivity index (χ1v) is 12.8. The fraction of sp³-hybridized carbons (Fsp3) is 0.345. The molecule has 0 spiro atoms. The van der Waals surface area contributed by atoms with E-state index in [4.69, 9.17) is 26.1 Å². The van der Waals surface area contributed by atoms with Crippen molar-refractivity contribution in [2.45, 2.75) is 39.0 Å². The number of fused-ring (bicyclic) bond motifs is 1. The Hall–Kier alpha value is -3.02. The summed E-state index contributed by atoms with van der Waals surface area (Å²) in [6, 6.07) is 23.9. The molecule has 1 saturated heterocycles. The molecule has 0 amide bonds. The minimum absolute atomic E-state index is 0.388. The van der Waals surface area contributed by atoms with Crippen LogP contribution in [0.1, 0.15) is 30.7 Å². The van der Waals surface area contributed by atoms with E-state index >= 15 is 0 Å². The third-order valence-electron chi connectivity index (χ3n) is 6.72. The SMILES string of the molecule is CN1CCC[C@H](CCn2c(COc3ccc(Cl)cc3)nc3c(OCc4ccccc4)cccc32)C1. The van der Waals surface area contributed by atoms with E-state index in [1.165, 1.54) is 19.4 Å². The molecule has 35 heavy (non-hydrogen) atoms. The van der Waals surface area contributed by atoms with Crippen molar-refractivity contribution in [2.75, 3.05) is 20.1 Å². The summed E-state index contributed by atoms with van der Waals surface area (Å²) in [6.45, 7) is 4.18. The summed E-state index contributed by atoms with van der Waals surface area (Å²) in [7, 11) is 2.22. The number of aromatic nitrogens is 2. The number of hydrogen-bond acceptors (Lipinski definition) is 4. The van der Waals surface area contributed by atoms with Crippen LogP contribution in [0.25, 0.3) is 11.0 Å². The van der Waals surface area contributed by atoms with Gasteiger partial charge in [0.25, 0.3) is 0 Å². The first-order chi connectivity index (χ1) is 17.2. The van der Waals surface area contributed by atoms with Crippen LogP contribution < -0.4 is 9.47 Å². The van der Waals surface area contributed by atoms with Crippen LogP contribution in [0.5, 0.6) is 11.5 Å². The van der Waals surface area contributed by atoms with Crippen molar-refractivity contribution in [3.63, 3.8) is 0 Å². The minimum Gasteiger partial charge on any atom is -0.487 e. The maximum Gasteiger partial charge on any atom is 0.148 e. The van der Waals surface area contributed by atoms with Gasteiger partial charge in [-0.1, -0.05) is 48.0 Å². The van der Waals surface area contributed by atoms with E-state index in [2.05, 4.69) is 40.8 Å². The summed E-state index contributed by atoms with van der Waals surface area (Å²) in [5.41, 5.74) is 3.12. The van der Waals surface area contributed by atoms with Gasteiger partial charge in [-0.25, -0.2) is 4.98 Å². The van der Waals surface area contributed by atoms with Gasteiger partial charge in [0, 0.05) is 18.1 Å².